The Bertz CT molecular complexity index is 547. The van der Waals surface area contributed by atoms with Crippen LogP contribution in [0.25, 0.3) is 0 Å². The number of likely N-dealkylation sites (tertiary alicyclic amines) is 1. The van der Waals surface area contributed by atoms with Crippen LogP contribution in [0.15, 0.2) is 10.6 Å². The van der Waals surface area contributed by atoms with Gasteiger partial charge < -0.3 is 20.5 Å². The molecule has 2 heterocycles. The van der Waals surface area contributed by atoms with Gasteiger partial charge in [-0.15, -0.1) is 11.8 Å². The van der Waals surface area contributed by atoms with Crippen LogP contribution < -0.4 is 11.1 Å². The first-order valence-corrected chi connectivity index (χ1v) is 8.95. The minimum Gasteiger partial charge on any atom is -0.360 e. The maximum absolute atomic E-state index is 12.2. The fraction of sp³-hybridized carbons (Fsp3) is 0.667. The van der Waals surface area contributed by atoms with Gasteiger partial charge in [-0.2, -0.15) is 0 Å². The molecule has 0 aromatic carbocycles. The summed E-state index contributed by atoms with van der Waals surface area (Å²) in [5.74, 6) is 1.80. The van der Waals surface area contributed by atoms with E-state index in [0.717, 1.165) is 25.9 Å². The van der Waals surface area contributed by atoms with Gasteiger partial charge in [0.25, 0.3) is 0 Å². The third-order valence-electron chi connectivity index (χ3n) is 3.91. The van der Waals surface area contributed by atoms with Gasteiger partial charge in [0.2, 0.25) is 11.8 Å². The number of anilines is 1. The molecule has 2 unspecified atom stereocenters. The van der Waals surface area contributed by atoms with Gasteiger partial charge in [-0.25, -0.2) is 0 Å². The van der Waals surface area contributed by atoms with E-state index in [1.165, 1.54) is 11.8 Å². The molecule has 0 spiro atoms. The Balaban J connectivity index is 1.69. The zero-order chi connectivity index (χ0) is 16.8. The Labute approximate surface area is 140 Å². The zero-order valence-corrected chi connectivity index (χ0v) is 14.4. The average Bonchev–Trinajstić information content (AvgIpc) is 2.92. The van der Waals surface area contributed by atoms with Gasteiger partial charge in [0.05, 0.1) is 11.5 Å². The smallest absolute Gasteiger partial charge is 0.235 e. The molecule has 0 radical (unpaired) electrons. The van der Waals surface area contributed by atoms with E-state index in [1.54, 1.807) is 13.0 Å². The molecule has 3 N–H and O–H groups in total. The Morgan fingerprint density at radius 2 is 2.35 bits per heavy atom. The molecule has 2 amide bonds. The average molecular weight is 340 g/mol. The van der Waals surface area contributed by atoms with E-state index in [2.05, 4.69) is 10.5 Å². The first-order valence-electron chi connectivity index (χ1n) is 7.80. The standard InChI is InChI=1S/C15H24N4O3S/c1-10-6-13(18-22-10)17-14(20)8-23-9-15(21)19-5-3-4-12(7-19)11(2)16/h6,11-12H,3-5,7-9,16H2,1-2H3,(H,17,18,20). The number of carbonyl (C=O) groups excluding carboxylic acids is 2. The van der Waals surface area contributed by atoms with Crippen LogP contribution in [0.1, 0.15) is 25.5 Å². The van der Waals surface area contributed by atoms with E-state index < -0.39 is 0 Å². The minimum absolute atomic E-state index is 0.0745. The third kappa shape index (κ3) is 5.54. The molecule has 2 rings (SSSR count). The number of hydrogen-bond acceptors (Lipinski definition) is 6. The summed E-state index contributed by atoms with van der Waals surface area (Å²) >= 11 is 1.31. The lowest BCUT2D eigenvalue weighted by atomic mass is 9.92. The minimum atomic E-state index is -0.191. The number of rotatable bonds is 6. The van der Waals surface area contributed by atoms with Crippen molar-refractivity contribution in [2.75, 3.05) is 29.9 Å². The molecular weight excluding hydrogens is 316 g/mol. The van der Waals surface area contributed by atoms with Crippen molar-refractivity contribution in [3.8, 4) is 0 Å². The first kappa shape index (κ1) is 17.8. The number of amides is 2. The number of carbonyl (C=O) groups is 2. The number of nitrogens with zero attached hydrogens (tertiary/aromatic N) is 2. The van der Waals surface area contributed by atoms with Crippen molar-refractivity contribution in [1.29, 1.82) is 0 Å². The molecule has 1 aromatic heterocycles. The summed E-state index contributed by atoms with van der Waals surface area (Å²) in [6.45, 7) is 5.25. The summed E-state index contributed by atoms with van der Waals surface area (Å²) in [5, 5.41) is 6.33. The second kappa shape index (κ2) is 8.35. The molecule has 0 saturated carbocycles. The lowest BCUT2D eigenvalue weighted by Gasteiger charge is -2.34. The lowest BCUT2D eigenvalue weighted by molar-refractivity contribution is -0.130. The highest BCUT2D eigenvalue weighted by Gasteiger charge is 2.25. The van der Waals surface area contributed by atoms with Gasteiger partial charge in [-0.3, -0.25) is 9.59 Å². The summed E-state index contributed by atoms with van der Waals surface area (Å²) in [7, 11) is 0. The highest BCUT2D eigenvalue weighted by atomic mass is 32.2. The third-order valence-corrected chi connectivity index (χ3v) is 4.83. The number of aryl methyl sites for hydroxylation is 1. The summed E-state index contributed by atoms with van der Waals surface area (Å²) in [4.78, 5) is 25.8. The van der Waals surface area contributed by atoms with Gasteiger partial charge in [-0.1, -0.05) is 5.16 Å². The van der Waals surface area contributed by atoms with Gasteiger partial charge in [-0.05, 0) is 32.6 Å². The fourth-order valence-electron chi connectivity index (χ4n) is 2.59. The molecular formula is C15H24N4O3S. The van der Waals surface area contributed by atoms with Crippen molar-refractivity contribution >= 4 is 29.4 Å². The second-order valence-electron chi connectivity index (χ2n) is 5.96. The van der Waals surface area contributed by atoms with Crippen LogP contribution in [0.2, 0.25) is 0 Å². The maximum atomic E-state index is 12.2. The van der Waals surface area contributed by atoms with Crippen molar-refractivity contribution < 1.29 is 14.1 Å². The van der Waals surface area contributed by atoms with Crippen LogP contribution >= 0.6 is 11.8 Å². The van der Waals surface area contributed by atoms with E-state index in [4.69, 9.17) is 10.3 Å². The number of thioether (sulfide) groups is 1. The van der Waals surface area contributed by atoms with Gasteiger partial charge in [0.15, 0.2) is 5.82 Å². The Kier molecular flexibility index (Phi) is 6.47. The van der Waals surface area contributed by atoms with E-state index in [0.29, 0.717) is 23.2 Å². The quantitative estimate of drug-likeness (QED) is 0.808. The van der Waals surface area contributed by atoms with Gasteiger partial charge >= 0.3 is 0 Å². The normalized spacial score (nSPS) is 19.4. The molecule has 23 heavy (non-hydrogen) atoms. The number of nitrogens with two attached hydrogens (primary N) is 1. The Morgan fingerprint density at radius 1 is 1.57 bits per heavy atom. The molecule has 1 aromatic rings. The number of aromatic nitrogens is 1. The van der Waals surface area contributed by atoms with Crippen molar-refractivity contribution in [3.63, 3.8) is 0 Å². The second-order valence-corrected chi connectivity index (χ2v) is 6.95. The number of piperidine rings is 1. The SMILES string of the molecule is Cc1cc(NC(=O)CSCC(=O)N2CCCC(C(C)N)C2)no1. The summed E-state index contributed by atoms with van der Waals surface area (Å²) in [5.41, 5.74) is 5.93. The highest BCUT2D eigenvalue weighted by molar-refractivity contribution is 8.00. The largest absolute Gasteiger partial charge is 0.360 e. The highest BCUT2D eigenvalue weighted by Crippen LogP contribution is 2.19. The van der Waals surface area contributed by atoms with Crippen LogP contribution in [0.5, 0.6) is 0 Å². The monoisotopic (exact) mass is 340 g/mol. The van der Waals surface area contributed by atoms with Crippen molar-refractivity contribution in [1.82, 2.24) is 10.1 Å². The van der Waals surface area contributed by atoms with Crippen molar-refractivity contribution in [2.24, 2.45) is 11.7 Å². The predicted octanol–water partition coefficient (Wildman–Crippen LogP) is 1.24. The van der Waals surface area contributed by atoms with E-state index in [1.807, 2.05) is 11.8 Å². The van der Waals surface area contributed by atoms with Crippen LogP contribution in [-0.2, 0) is 9.59 Å². The molecule has 1 fully saturated rings. The van der Waals surface area contributed by atoms with Gasteiger partial charge in [0, 0.05) is 25.2 Å². The van der Waals surface area contributed by atoms with Crippen molar-refractivity contribution in [2.45, 2.75) is 32.7 Å². The fourth-order valence-corrected chi connectivity index (χ4v) is 3.31. The molecule has 7 nitrogen and oxygen atoms in total. The van der Waals surface area contributed by atoms with E-state index >= 15 is 0 Å². The molecule has 0 bridgehead atoms. The van der Waals surface area contributed by atoms with Gasteiger partial charge in [0.1, 0.15) is 5.76 Å². The summed E-state index contributed by atoms with van der Waals surface area (Å²) in [6, 6.07) is 1.75. The first-order chi connectivity index (χ1) is 11.0. The predicted molar refractivity (Wildman–Crippen MR) is 90.1 cm³/mol. The topological polar surface area (TPSA) is 101 Å². The zero-order valence-electron chi connectivity index (χ0n) is 13.6. The van der Waals surface area contributed by atoms with Crippen LogP contribution in [0, 0.1) is 12.8 Å². The Morgan fingerprint density at radius 3 is 3.00 bits per heavy atom. The molecule has 2 atom stereocenters. The molecule has 0 aliphatic carbocycles. The van der Waals surface area contributed by atoms with Crippen molar-refractivity contribution in [3.05, 3.63) is 11.8 Å². The summed E-state index contributed by atoms with van der Waals surface area (Å²) in [6.07, 6.45) is 2.07. The molecule has 128 valence electrons. The number of hydrogen-bond donors (Lipinski definition) is 2. The van der Waals surface area contributed by atoms with Crippen LogP contribution in [0.3, 0.4) is 0 Å². The lowest BCUT2D eigenvalue weighted by Crippen LogP contribution is -2.45. The summed E-state index contributed by atoms with van der Waals surface area (Å²) < 4.78 is 4.87. The van der Waals surface area contributed by atoms with E-state index in [-0.39, 0.29) is 23.6 Å². The van der Waals surface area contributed by atoms with E-state index in [9.17, 15) is 9.59 Å². The van der Waals surface area contributed by atoms with Crippen LogP contribution in [-0.4, -0.2) is 52.5 Å². The molecule has 1 aliphatic rings. The molecule has 1 saturated heterocycles. The molecule has 1 aliphatic heterocycles. The Hall–Kier alpha value is -1.54. The molecule has 8 heteroatoms. The number of nitrogens with one attached hydrogen (secondary N) is 1. The maximum Gasteiger partial charge on any atom is 0.235 e. The van der Waals surface area contributed by atoms with Crippen LogP contribution in [0.4, 0.5) is 5.82 Å².